The minimum Gasteiger partial charge on any atom is -0.494 e. The largest absolute Gasteiger partial charge is 0.494 e. The predicted molar refractivity (Wildman–Crippen MR) is 206 cm³/mol. The molecule has 10 heteroatoms. The lowest BCUT2D eigenvalue weighted by molar-refractivity contribution is 0.116. The molecule has 0 atom stereocenters. The highest BCUT2D eigenvalue weighted by Gasteiger charge is 2.10. The van der Waals surface area contributed by atoms with Crippen molar-refractivity contribution in [3.05, 3.63) is 140 Å². The molecule has 2 N–H and O–H groups in total. The van der Waals surface area contributed by atoms with Crippen molar-refractivity contribution < 1.29 is 23.8 Å². The van der Waals surface area contributed by atoms with E-state index < -0.39 is 12.2 Å². The highest BCUT2D eigenvalue weighted by atomic mass is 16.6. The molecule has 52 heavy (non-hydrogen) atoms. The van der Waals surface area contributed by atoms with Gasteiger partial charge in [0.1, 0.15) is 19.0 Å². The van der Waals surface area contributed by atoms with Gasteiger partial charge in [-0.25, -0.2) is 9.59 Å². The van der Waals surface area contributed by atoms with Crippen LogP contribution in [0.1, 0.15) is 25.7 Å². The smallest absolute Gasteiger partial charge is 0.411 e. The van der Waals surface area contributed by atoms with Gasteiger partial charge in [0.2, 0.25) is 0 Å². The molecule has 0 bridgehead atoms. The molecule has 0 radical (unpaired) electrons. The van der Waals surface area contributed by atoms with Crippen molar-refractivity contribution in [1.82, 2.24) is 4.90 Å². The van der Waals surface area contributed by atoms with E-state index in [1.807, 2.05) is 103 Å². The minimum absolute atomic E-state index is 0.213. The van der Waals surface area contributed by atoms with E-state index >= 15 is 0 Å². The van der Waals surface area contributed by atoms with Gasteiger partial charge in [0.25, 0.3) is 0 Å². The third kappa shape index (κ3) is 13.7. The van der Waals surface area contributed by atoms with Gasteiger partial charge in [-0.1, -0.05) is 91.7 Å². The maximum atomic E-state index is 12.2. The summed E-state index contributed by atoms with van der Waals surface area (Å²) in [6.45, 7) is 2.86. The van der Waals surface area contributed by atoms with Crippen LogP contribution in [0.3, 0.4) is 0 Å². The van der Waals surface area contributed by atoms with E-state index in [4.69, 9.17) is 14.2 Å². The van der Waals surface area contributed by atoms with Gasteiger partial charge >= 0.3 is 12.2 Å². The second-order valence-electron chi connectivity index (χ2n) is 12.0. The average molecular weight is 700 g/mol. The number of ether oxygens (including phenoxy) is 3. The van der Waals surface area contributed by atoms with Crippen LogP contribution in [-0.2, 0) is 9.47 Å². The standard InChI is InChI=1S/C42H45N5O5/c48-41(43-36-16-8-4-9-17-36)51-32-29-47(30-33-52-42(49)44-37-18-10-5-11-19-37)28-12-1-2-13-31-50-40-26-24-39(25-27-40)46-45-38-22-20-35(21-23-38)34-14-6-3-7-15-34/h3-11,14-27H,1-2,12-13,28-33H2,(H,43,48)(H,44,49). The number of nitrogens with one attached hydrogen (secondary N) is 2. The lowest BCUT2D eigenvalue weighted by atomic mass is 10.1. The van der Waals surface area contributed by atoms with Crippen LogP contribution in [0.2, 0.25) is 0 Å². The monoisotopic (exact) mass is 699 g/mol. The van der Waals surface area contributed by atoms with Crippen molar-refractivity contribution in [1.29, 1.82) is 0 Å². The molecule has 0 saturated carbocycles. The second-order valence-corrected chi connectivity index (χ2v) is 12.0. The van der Waals surface area contributed by atoms with Crippen molar-refractivity contribution in [3.8, 4) is 16.9 Å². The quantitative estimate of drug-likeness (QED) is 0.0655. The summed E-state index contributed by atoms with van der Waals surface area (Å²) in [6.07, 6.45) is 2.88. The fourth-order valence-electron chi connectivity index (χ4n) is 5.28. The first-order chi connectivity index (χ1) is 25.6. The van der Waals surface area contributed by atoms with Gasteiger partial charge in [-0.05, 0) is 91.2 Å². The summed E-state index contributed by atoms with van der Waals surface area (Å²) >= 11 is 0. The zero-order valence-corrected chi connectivity index (χ0v) is 29.2. The SMILES string of the molecule is O=C(Nc1ccccc1)OCCN(CCCCCCOc1ccc(N=Nc2ccc(-c3ccccc3)cc2)cc1)CCOC(=O)Nc1ccccc1. The number of hydrogen-bond acceptors (Lipinski definition) is 8. The number of carbonyl (C=O) groups is 2. The lowest BCUT2D eigenvalue weighted by Gasteiger charge is -2.22. The summed E-state index contributed by atoms with van der Waals surface area (Å²) in [4.78, 5) is 26.6. The summed E-state index contributed by atoms with van der Waals surface area (Å²) in [6, 6.07) is 44.2. The number of carbonyl (C=O) groups excluding carboxylic acids is 2. The van der Waals surface area contributed by atoms with Crippen LogP contribution < -0.4 is 15.4 Å². The first-order valence-corrected chi connectivity index (χ1v) is 17.6. The number of rotatable bonds is 19. The maximum Gasteiger partial charge on any atom is 0.411 e. The fraction of sp³-hybridized carbons (Fsp3) is 0.238. The zero-order chi connectivity index (χ0) is 36.1. The third-order valence-electron chi connectivity index (χ3n) is 8.05. The van der Waals surface area contributed by atoms with Gasteiger partial charge in [0, 0.05) is 24.5 Å². The Balaban J connectivity index is 0.977. The maximum absolute atomic E-state index is 12.2. The predicted octanol–water partition coefficient (Wildman–Crippen LogP) is 10.5. The molecule has 10 nitrogen and oxygen atoms in total. The van der Waals surface area contributed by atoms with Crippen LogP contribution in [-0.4, -0.2) is 56.5 Å². The summed E-state index contributed by atoms with van der Waals surface area (Å²) in [7, 11) is 0. The Kier molecular flexibility index (Phi) is 15.2. The molecule has 0 aliphatic rings. The normalized spacial score (nSPS) is 10.9. The topological polar surface area (TPSA) is 114 Å². The Bertz CT molecular complexity index is 1730. The van der Waals surface area contributed by atoms with Crippen molar-refractivity contribution in [2.75, 3.05) is 50.1 Å². The van der Waals surface area contributed by atoms with Crippen LogP contribution in [0.15, 0.2) is 150 Å². The molecule has 268 valence electrons. The van der Waals surface area contributed by atoms with E-state index in [1.165, 1.54) is 5.56 Å². The number of unbranched alkanes of at least 4 members (excludes halogenated alkanes) is 3. The summed E-state index contributed by atoms with van der Waals surface area (Å²) < 4.78 is 16.8. The highest BCUT2D eigenvalue weighted by molar-refractivity contribution is 5.85. The number of hydrogen-bond donors (Lipinski definition) is 2. The van der Waals surface area contributed by atoms with Gasteiger partial charge in [0.15, 0.2) is 0 Å². The number of para-hydroxylation sites is 2. The molecule has 5 rings (SSSR count). The van der Waals surface area contributed by atoms with Crippen molar-refractivity contribution in [2.45, 2.75) is 25.7 Å². The Morgan fingerprint density at radius 2 is 0.942 bits per heavy atom. The summed E-state index contributed by atoms with van der Waals surface area (Å²) in [5.74, 6) is 0.796. The molecule has 0 aromatic heterocycles. The van der Waals surface area contributed by atoms with E-state index in [9.17, 15) is 9.59 Å². The number of benzene rings is 5. The number of anilines is 2. The van der Waals surface area contributed by atoms with Crippen LogP contribution in [0.4, 0.5) is 32.3 Å². The van der Waals surface area contributed by atoms with Crippen molar-refractivity contribution >= 4 is 34.9 Å². The van der Waals surface area contributed by atoms with Crippen molar-refractivity contribution in [3.63, 3.8) is 0 Å². The fourth-order valence-corrected chi connectivity index (χ4v) is 5.28. The molecule has 5 aromatic carbocycles. The molecule has 0 aliphatic carbocycles. The molecule has 0 fully saturated rings. The molecule has 0 unspecified atom stereocenters. The Labute approximate surface area is 305 Å². The molecule has 0 heterocycles. The summed E-state index contributed by atoms with van der Waals surface area (Å²) in [5.41, 5.74) is 5.21. The van der Waals surface area contributed by atoms with E-state index in [0.29, 0.717) is 31.1 Å². The third-order valence-corrected chi connectivity index (χ3v) is 8.05. The molecule has 0 saturated heterocycles. The van der Waals surface area contributed by atoms with E-state index in [1.54, 1.807) is 24.3 Å². The van der Waals surface area contributed by atoms with Crippen LogP contribution in [0, 0.1) is 0 Å². The lowest BCUT2D eigenvalue weighted by Crippen LogP contribution is -2.34. The second kappa shape index (κ2) is 21.3. The molecule has 0 aliphatic heterocycles. The van der Waals surface area contributed by atoms with Crippen LogP contribution >= 0.6 is 0 Å². The Hall–Kier alpha value is -6.00. The van der Waals surface area contributed by atoms with Gasteiger partial charge in [0.05, 0.1) is 18.0 Å². The number of azo groups is 1. The number of nitrogens with zero attached hydrogens (tertiary/aromatic N) is 3. The van der Waals surface area contributed by atoms with Crippen LogP contribution in [0.5, 0.6) is 5.75 Å². The van der Waals surface area contributed by atoms with E-state index in [0.717, 1.165) is 54.9 Å². The number of amides is 2. The Morgan fingerprint density at radius 3 is 1.48 bits per heavy atom. The molecular weight excluding hydrogens is 654 g/mol. The van der Waals surface area contributed by atoms with E-state index in [-0.39, 0.29) is 13.2 Å². The van der Waals surface area contributed by atoms with Gasteiger partial charge in [-0.3, -0.25) is 15.5 Å². The zero-order valence-electron chi connectivity index (χ0n) is 29.2. The average Bonchev–Trinajstić information content (AvgIpc) is 3.18. The first-order valence-electron chi connectivity index (χ1n) is 17.6. The van der Waals surface area contributed by atoms with Crippen molar-refractivity contribution in [2.24, 2.45) is 10.2 Å². The summed E-state index contributed by atoms with van der Waals surface area (Å²) in [5, 5.41) is 14.2. The van der Waals surface area contributed by atoms with Gasteiger partial charge in [-0.2, -0.15) is 10.2 Å². The van der Waals surface area contributed by atoms with E-state index in [2.05, 4.69) is 37.9 Å². The molecule has 2 amide bonds. The van der Waals surface area contributed by atoms with Crippen LogP contribution in [0.25, 0.3) is 11.1 Å². The molecule has 0 spiro atoms. The molecular formula is C42H45N5O5. The first kappa shape index (κ1) is 37.3. The Morgan fingerprint density at radius 1 is 0.481 bits per heavy atom. The van der Waals surface area contributed by atoms with Gasteiger partial charge < -0.3 is 14.2 Å². The highest BCUT2D eigenvalue weighted by Crippen LogP contribution is 2.25. The minimum atomic E-state index is -0.506. The molecule has 5 aromatic rings. The van der Waals surface area contributed by atoms with Gasteiger partial charge in [-0.15, -0.1) is 0 Å².